The fourth-order valence-electron chi connectivity index (χ4n) is 1.49. The number of carboxylic acid groups (broad SMARTS) is 2. The molecule has 0 rings (SSSR count). The molecule has 0 radical (unpaired) electrons. The highest BCUT2D eigenvalue weighted by molar-refractivity contribution is 7.98. The summed E-state index contributed by atoms with van der Waals surface area (Å²) < 4.78 is 0. The molecule has 0 saturated heterocycles. The van der Waals surface area contributed by atoms with E-state index in [2.05, 4.69) is 5.32 Å². The maximum atomic E-state index is 11.9. The maximum absolute atomic E-state index is 11.9. The molecule has 0 aliphatic rings. The van der Waals surface area contributed by atoms with Crippen molar-refractivity contribution >= 4 is 29.7 Å². The van der Waals surface area contributed by atoms with Crippen LogP contribution < -0.4 is 5.32 Å². The van der Waals surface area contributed by atoms with Crippen LogP contribution in [0.3, 0.4) is 0 Å². The van der Waals surface area contributed by atoms with Gasteiger partial charge in [-0.05, 0) is 12.7 Å². The van der Waals surface area contributed by atoms with Crippen molar-refractivity contribution in [2.45, 2.75) is 31.8 Å². The van der Waals surface area contributed by atoms with Gasteiger partial charge in [-0.25, -0.2) is 9.59 Å². The Labute approximate surface area is 116 Å². The molecule has 0 fully saturated rings. The lowest BCUT2D eigenvalue weighted by Crippen LogP contribution is -2.50. The Morgan fingerprint density at radius 3 is 2.26 bits per heavy atom. The highest BCUT2D eigenvalue weighted by Gasteiger charge is 2.26. The van der Waals surface area contributed by atoms with Crippen molar-refractivity contribution in [3.63, 3.8) is 0 Å². The lowest BCUT2D eigenvalue weighted by molar-refractivity contribution is -0.145. The summed E-state index contributed by atoms with van der Waals surface area (Å²) >= 11 is 1.58. The second-order valence-corrected chi connectivity index (χ2v) is 4.98. The van der Waals surface area contributed by atoms with Gasteiger partial charge in [-0.15, -0.1) is 0 Å². The van der Waals surface area contributed by atoms with Gasteiger partial charge < -0.3 is 20.4 Å². The molecule has 0 saturated carbocycles. The van der Waals surface area contributed by atoms with E-state index in [-0.39, 0.29) is 6.04 Å². The van der Waals surface area contributed by atoms with Gasteiger partial charge in [0, 0.05) is 18.8 Å². The van der Waals surface area contributed by atoms with Gasteiger partial charge in [0.2, 0.25) is 0 Å². The molecule has 19 heavy (non-hydrogen) atoms. The lowest BCUT2D eigenvalue weighted by Gasteiger charge is -2.28. The Kier molecular flexibility index (Phi) is 7.97. The zero-order chi connectivity index (χ0) is 15.0. The van der Waals surface area contributed by atoms with E-state index in [1.807, 2.05) is 13.2 Å². The predicted molar refractivity (Wildman–Crippen MR) is 72.4 cm³/mol. The number of thioether (sulfide) groups is 1. The number of carbonyl (C=O) groups is 3. The number of nitrogens with zero attached hydrogens (tertiary/aromatic N) is 1. The molecule has 2 atom stereocenters. The Morgan fingerprint density at radius 1 is 1.32 bits per heavy atom. The molecule has 0 aromatic carbocycles. The summed E-state index contributed by atoms with van der Waals surface area (Å²) in [7, 11) is 1.57. The average Bonchev–Trinajstić information content (AvgIpc) is 2.33. The molecule has 8 heteroatoms. The summed E-state index contributed by atoms with van der Waals surface area (Å²) in [6.45, 7) is 1.93. The van der Waals surface area contributed by atoms with Crippen molar-refractivity contribution in [3.8, 4) is 0 Å². The van der Waals surface area contributed by atoms with Gasteiger partial charge in [0.05, 0.1) is 6.42 Å². The molecule has 0 aromatic heterocycles. The van der Waals surface area contributed by atoms with Crippen molar-refractivity contribution < 1.29 is 24.6 Å². The third-order valence-electron chi connectivity index (χ3n) is 2.67. The highest BCUT2D eigenvalue weighted by Crippen LogP contribution is 2.09. The molecule has 110 valence electrons. The van der Waals surface area contributed by atoms with Crippen LogP contribution in [0, 0.1) is 0 Å². The Hall–Kier alpha value is -1.44. The lowest BCUT2D eigenvalue weighted by atomic mass is 10.2. The number of carbonyl (C=O) groups excluding carboxylic acids is 1. The average molecular weight is 292 g/mol. The fraction of sp³-hybridized carbons (Fsp3) is 0.727. The summed E-state index contributed by atoms with van der Waals surface area (Å²) in [5, 5.41) is 19.7. The van der Waals surface area contributed by atoms with Crippen LogP contribution in [0.2, 0.25) is 0 Å². The SMILES string of the molecule is CCC(CSC)N(C)C(=O)N[C@@H](CC(=O)O)C(=O)O. The van der Waals surface area contributed by atoms with Gasteiger partial charge in [-0.3, -0.25) is 4.79 Å². The molecule has 0 heterocycles. The molecule has 3 N–H and O–H groups in total. The van der Waals surface area contributed by atoms with Crippen LogP contribution in [0.15, 0.2) is 0 Å². The zero-order valence-electron chi connectivity index (χ0n) is 11.3. The number of urea groups is 1. The van der Waals surface area contributed by atoms with Gasteiger partial charge in [0.25, 0.3) is 0 Å². The number of carboxylic acids is 2. The molecule has 7 nitrogen and oxygen atoms in total. The molecule has 2 amide bonds. The third-order valence-corrected chi connectivity index (χ3v) is 3.39. The Balaban J connectivity index is 4.61. The number of aliphatic carboxylic acids is 2. The predicted octanol–water partition coefficient (Wildman–Crippen LogP) is 0.697. The zero-order valence-corrected chi connectivity index (χ0v) is 12.1. The fourth-order valence-corrected chi connectivity index (χ4v) is 2.33. The summed E-state index contributed by atoms with van der Waals surface area (Å²) in [6.07, 6.45) is 2.01. The normalized spacial score (nSPS) is 13.4. The van der Waals surface area contributed by atoms with Crippen molar-refractivity contribution in [1.82, 2.24) is 10.2 Å². The summed E-state index contributed by atoms with van der Waals surface area (Å²) in [5.74, 6) is -1.90. The number of hydrogen-bond acceptors (Lipinski definition) is 4. The van der Waals surface area contributed by atoms with Crippen LogP contribution in [-0.2, 0) is 9.59 Å². The van der Waals surface area contributed by atoms with Gasteiger partial charge in [0.1, 0.15) is 6.04 Å². The van der Waals surface area contributed by atoms with Crippen molar-refractivity contribution in [2.24, 2.45) is 0 Å². The van der Waals surface area contributed by atoms with Crippen molar-refractivity contribution in [1.29, 1.82) is 0 Å². The number of rotatable bonds is 8. The van der Waals surface area contributed by atoms with E-state index in [1.165, 1.54) is 4.90 Å². The maximum Gasteiger partial charge on any atom is 0.326 e. The van der Waals surface area contributed by atoms with E-state index in [9.17, 15) is 14.4 Å². The van der Waals surface area contributed by atoms with Gasteiger partial charge >= 0.3 is 18.0 Å². The Bertz CT molecular complexity index is 337. The largest absolute Gasteiger partial charge is 0.481 e. The molecule has 0 aromatic rings. The van der Waals surface area contributed by atoms with E-state index < -0.39 is 30.4 Å². The smallest absolute Gasteiger partial charge is 0.326 e. The minimum Gasteiger partial charge on any atom is -0.481 e. The second-order valence-electron chi connectivity index (χ2n) is 4.07. The standard InChI is InChI=1S/C11H20N2O5S/c1-4-7(6-19-3)13(2)11(18)12-8(10(16)17)5-9(14)15/h7-8H,4-6H2,1-3H3,(H,12,18)(H,14,15)(H,16,17)/t7?,8-/m0/s1. The van der Waals surface area contributed by atoms with Crippen LogP contribution in [0.4, 0.5) is 4.79 Å². The van der Waals surface area contributed by atoms with Crippen LogP contribution in [0.1, 0.15) is 19.8 Å². The molecule has 1 unspecified atom stereocenters. The summed E-state index contributed by atoms with van der Waals surface area (Å²) in [4.78, 5) is 34.7. The summed E-state index contributed by atoms with van der Waals surface area (Å²) in [5.41, 5.74) is 0. The van der Waals surface area contributed by atoms with Gasteiger partial charge in [-0.2, -0.15) is 11.8 Å². The molecule has 0 bridgehead atoms. The third kappa shape index (κ3) is 6.32. The first-order valence-corrected chi connectivity index (χ1v) is 7.19. The van der Waals surface area contributed by atoms with E-state index in [1.54, 1.807) is 18.8 Å². The molecular formula is C11H20N2O5S. The number of nitrogens with one attached hydrogen (secondary N) is 1. The second kappa shape index (κ2) is 8.63. The van der Waals surface area contributed by atoms with E-state index in [0.29, 0.717) is 0 Å². The first-order chi connectivity index (χ1) is 8.83. The molecule has 0 aliphatic carbocycles. The summed E-state index contributed by atoms with van der Waals surface area (Å²) in [6, 6.07) is -2.01. The molecule has 0 aliphatic heterocycles. The Morgan fingerprint density at radius 2 is 1.89 bits per heavy atom. The van der Waals surface area contributed by atoms with Crippen molar-refractivity contribution in [3.05, 3.63) is 0 Å². The van der Waals surface area contributed by atoms with Crippen LogP contribution in [-0.4, -0.2) is 64.2 Å². The monoisotopic (exact) mass is 292 g/mol. The van der Waals surface area contributed by atoms with Gasteiger partial charge in [-0.1, -0.05) is 6.92 Å². The molecular weight excluding hydrogens is 272 g/mol. The van der Waals surface area contributed by atoms with Crippen LogP contribution in [0.25, 0.3) is 0 Å². The van der Waals surface area contributed by atoms with Crippen molar-refractivity contribution in [2.75, 3.05) is 19.1 Å². The first kappa shape index (κ1) is 17.6. The number of hydrogen-bond donors (Lipinski definition) is 3. The molecule has 0 spiro atoms. The van der Waals surface area contributed by atoms with Gasteiger partial charge in [0.15, 0.2) is 0 Å². The minimum absolute atomic E-state index is 0.0192. The highest BCUT2D eigenvalue weighted by atomic mass is 32.2. The van der Waals surface area contributed by atoms with E-state index in [4.69, 9.17) is 10.2 Å². The van der Waals surface area contributed by atoms with Crippen LogP contribution >= 0.6 is 11.8 Å². The van der Waals surface area contributed by atoms with E-state index in [0.717, 1.165) is 12.2 Å². The van der Waals surface area contributed by atoms with Crippen LogP contribution in [0.5, 0.6) is 0 Å². The number of amides is 2. The quantitative estimate of drug-likeness (QED) is 0.608. The topological polar surface area (TPSA) is 107 Å². The minimum atomic E-state index is -1.42. The first-order valence-electron chi connectivity index (χ1n) is 5.80. The van der Waals surface area contributed by atoms with E-state index >= 15 is 0 Å².